The van der Waals surface area contributed by atoms with Crippen LogP contribution >= 0.6 is 0 Å². The molecule has 2 rings (SSSR count). The van der Waals surface area contributed by atoms with E-state index in [0.29, 0.717) is 6.54 Å². The largest absolute Gasteiger partial charge is 0.478 e. The van der Waals surface area contributed by atoms with Gasteiger partial charge in [0.1, 0.15) is 5.82 Å². The molecule has 0 aliphatic carbocycles. The van der Waals surface area contributed by atoms with Crippen molar-refractivity contribution in [3.05, 3.63) is 29.6 Å². The third-order valence-corrected chi connectivity index (χ3v) is 2.57. The SMILES string of the molecule is CCn1c(CN)nc2ccc(C(=O)O)cc21. The van der Waals surface area contributed by atoms with Crippen molar-refractivity contribution < 1.29 is 9.90 Å². The number of carbonyl (C=O) groups is 1. The van der Waals surface area contributed by atoms with Gasteiger partial charge in [0, 0.05) is 6.54 Å². The molecule has 0 atom stereocenters. The molecule has 1 heterocycles. The molecule has 1 aromatic heterocycles. The van der Waals surface area contributed by atoms with E-state index >= 15 is 0 Å². The maximum atomic E-state index is 10.9. The van der Waals surface area contributed by atoms with E-state index in [-0.39, 0.29) is 5.56 Å². The van der Waals surface area contributed by atoms with Gasteiger partial charge in [-0.3, -0.25) is 0 Å². The number of fused-ring (bicyclic) bond motifs is 1. The summed E-state index contributed by atoms with van der Waals surface area (Å²) in [5.74, 6) is -0.153. The van der Waals surface area contributed by atoms with Gasteiger partial charge in [0.05, 0.1) is 23.1 Å². The number of aromatic nitrogens is 2. The Hall–Kier alpha value is -1.88. The number of nitrogens with two attached hydrogens (primary N) is 1. The zero-order chi connectivity index (χ0) is 11.7. The van der Waals surface area contributed by atoms with Gasteiger partial charge in [-0.25, -0.2) is 9.78 Å². The fourth-order valence-electron chi connectivity index (χ4n) is 1.81. The predicted octanol–water partition coefficient (Wildman–Crippen LogP) is 1.21. The molecule has 1 aromatic carbocycles. The molecule has 5 heteroatoms. The van der Waals surface area contributed by atoms with E-state index in [1.54, 1.807) is 18.2 Å². The summed E-state index contributed by atoms with van der Waals surface area (Å²) in [6.07, 6.45) is 0. The maximum Gasteiger partial charge on any atom is 0.335 e. The van der Waals surface area contributed by atoms with E-state index in [0.717, 1.165) is 23.4 Å². The van der Waals surface area contributed by atoms with E-state index in [1.807, 2.05) is 11.5 Å². The van der Waals surface area contributed by atoms with Gasteiger partial charge >= 0.3 is 5.97 Å². The second-order valence-corrected chi connectivity index (χ2v) is 3.49. The minimum Gasteiger partial charge on any atom is -0.478 e. The van der Waals surface area contributed by atoms with Crippen LogP contribution in [-0.4, -0.2) is 20.6 Å². The zero-order valence-corrected chi connectivity index (χ0v) is 8.97. The smallest absolute Gasteiger partial charge is 0.335 e. The average Bonchev–Trinajstić information content (AvgIpc) is 2.65. The zero-order valence-electron chi connectivity index (χ0n) is 8.97. The quantitative estimate of drug-likeness (QED) is 0.813. The van der Waals surface area contributed by atoms with Gasteiger partial charge in [0.15, 0.2) is 0 Å². The molecule has 0 unspecified atom stereocenters. The average molecular weight is 219 g/mol. The summed E-state index contributed by atoms with van der Waals surface area (Å²) >= 11 is 0. The van der Waals surface area contributed by atoms with Crippen LogP contribution in [-0.2, 0) is 13.1 Å². The van der Waals surface area contributed by atoms with Crippen molar-refractivity contribution in [2.75, 3.05) is 0 Å². The minimum absolute atomic E-state index is 0.269. The number of imidazole rings is 1. The number of hydrogen-bond donors (Lipinski definition) is 2. The number of carboxylic acids is 1. The molecular weight excluding hydrogens is 206 g/mol. The van der Waals surface area contributed by atoms with Crippen molar-refractivity contribution in [2.45, 2.75) is 20.0 Å². The molecule has 0 saturated carbocycles. The number of aromatic carboxylic acids is 1. The third-order valence-electron chi connectivity index (χ3n) is 2.57. The van der Waals surface area contributed by atoms with Gasteiger partial charge in [0.2, 0.25) is 0 Å². The lowest BCUT2D eigenvalue weighted by molar-refractivity contribution is 0.0697. The van der Waals surface area contributed by atoms with E-state index in [9.17, 15) is 4.79 Å². The Morgan fingerprint density at radius 2 is 2.31 bits per heavy atom. The second kappa shape index (κ2) is 3.94. The standard InChI is InChI=1S/C11H13N3O2/c1-2-14-9-5-7(11(15)16)3-4-8(9)13-10(14)6-12/h3-5H,2,6,12H2,1H3,(H,15,16). The predicted molar refractivity (Wildman–Crippen MR) is 60.3 cm³/mol. The molecule has 0 aliphatic heterocycles. The van der Waals surface area contributed by atoms with Crippen LogP contribution in [0, 0.1) is 0 Å². The first-order chi connectivity index (χ1) is 7.67. The van der Waals surface area contributed by atoms with Gasteiger partial charge in [-0.1, -0.05) is 0 Å². The van der Waals surface area contributed by atoms with Crippen LogP contribution < -0.4 is 5.73 Å². The number of rotatable bonds is 3. The molecule has 5 nitrogen and oxygen atoms in total. The van der Waals surface area contributed by atoms with E-state index in [2.05, 4.69) is 4.98 Å². The fourth-order valence-corrected chi connectivity index (χ4v) is 1.81. The van der Waals surface area contributed by atoms with Crippen molar-refractivity contribution in [2.24, 2.45) is 5.73 Å². The summed E-state index contributed by atoms with van der Waals surface area (Å²) in [7, 11) is 0. The van der Waals surface area contributed by atoms with Crippen molar-refractivity contribution in [3.8, 4) is 0 Å². The van der Waals surface area contributed by atoms with Crippen molar-refractivity contribution in [1.82, 2.24) is 9.55 Å². The Morgan fingerprint density at radius 3 is 2.88 bits per heavy atom. The molecule has 16 heavy (non-hydrogen) atoms. The van der Waals surface area contributed by atoms with Crippen molar-refractivity contribution in [1.29, 1.82) is 0 Å². The van der Waals surface area contributed by atoms with Crippen LogP contribution in [0.4, 0.5) is 0 Å². The maximum absolute atomic E-state index is 10.9. The highest BCUT2D eigenvalue weighted by molar-refractivity contribution is 5.92. The molecule has 0 bridgehead atoms. The molecule has 0 radical (unpaired) electrons. The lowest BCUT2D eigenvalue weighted by atomic mass is 10.2. The molecular formula is C11H13N3O2. The molecule has 0 amide bonds. The summed E-state index contributed by atoms with van der Waals surface area (Å²) < 4.78 is 1.93. The Kier molecular flexibility index (Phi) is 2.62. The molecule has 2 aromatic rings. The highest BCUT2D eigenvalue weighted by atomic mass is 16.4. The third kappa shape index (κ3) is 1.55. The van der Waals surface area contributed by atoms with Gasteiger partial charge in [-0.2, -0.15) is 0 Å². The summed E-state index contributed by atoms with van der Waals surface area (Å²) in [6.45, 7) is 3.06. The Balaban J connectivity index is 2.70. The highest BCUT2D eigenvalue weighted by Gasteiger charge is 2.10. The summed E-state index contributed by atoms with van der Waals surface area (Å²) in [5.41, 5.74) is 7.46. The lowest BCUT2D eigenvalue weighted by Gasteiger charge is -2.03. The van der Waals surface area contributed by atoms with Crippen LogP contribution in [0.2, 0.25) is 0 Å². The number of carboxylic acid groups (broad SMARTS) is 1. The summed E-state index contributed by atoms with van der Waals surface area (Å²) in [5, 5.41) is 8.92. The number of nitrogens with zero attached hydrogens (tertiary/aromatic N) is 2. The van der Waals surface area contributed by atoms with Crippen molar-refractivity contribution >= 4 is 17.0 Å². The topological polar surface area (TPSA) is 81.1 Å². The van der Waals surface area contributed by atoms with Crippen LogP contribution in [0.5, 0.6) is 0 Å². The van der Waals surface area contributed by atoms with Crippen LogP contribution in [0.3, 0.4) is 0 Å². The minimum atomic E-state index is -0.931. The molecule has 3 N–H and O–H groups in total. The number of hydrogen-bond acceptors (Lipinski definition) is 3. The molecule has 0 spiro atoms. The van der Waals surface area contributed by atoms with Gasteiger partial charge < -0.3 is 15.4 Å². The first-order valence-electron chi connectivity index (χ1n) is 5.10. The molecule has 0 fully saturated rings. The molecule has 0 aliphatic rings. The highest BCUT2D eigenvalue weighted by Crippen LogP contribution is 2.18. The number of aryl methyl sites for hydroxylation is 1. The molecule has 84 valence electrons. The second-order valence-electron chi connectivity index (χ2n) is 3.49. The van der Waals surface area contributed by atoms with Gasteiger partial charge in [-0.05, 0) is 25.1 Å². The van der Waals surface area contributed by atoms with Crippen LogP contribution in [0.15, 0.2) is 18.2 Å². The monoisotopic (exact) mass is 219 g/mol. The fraction of sp³-hybridized carbons (Fsp3) is 0.273. The molecule has 0 saturated heterocycles. The van der Waals surface area contributed by atoms with Gasteiger partial charge in [0.25, 0.3) is 0 Å². The lowest BCUT2D eigenvalue weighted by Crippen LogP contribution is -2.07. The first-order valence-corrected chi connectivity index (χ1v) is 5.10. The number of benzene rings is 1. The Bertz CT molecular complexity index is 545. The van der Waals surface area contributed by atoms with Gasteiger partial charge in [-0.15, -0.1) is 0 Å². The normalized spacial score (nSPS) is 10.9. The first kappa shape index (κ1) is 10.6. The Morgan fingerprint density at radius 1 is 1.56 bits per heavy atom. The summed E-state index contributed by atoms with van der Waals surface area (Å²) in [4.78, 5) is 15.2. The van der Waals surface area contributed by atoms with E-state index in [1.165, 1.54) is 0 Å². The Labute approximate surface area is 92.5 Å². The van der Waals surface area contributed by atoms with E-state index in [4.69, 9.17) is 10.8 Å². The van der Waals surface area contributed by atoms with E-state index < -0.39 is 5.97 Å². The van der Waals surface area contributed by atoms with Crippen LogP contribution in [0.25, 0.3) is 11.0 Å². The van der Waals surface area contributed by atoms with Crippen LogP contribution in [0.1, 0.15) is 23.1 Å². The summed E-state index contributed by atoms with van der Waals surface area (Å²) in [6, 6.07) is 4.90. The van der Waals surface area contributed by atoms with Crippen molar-refractivity contribution in [3.63, 3.8) is 0 Å².